The van der Waals surface area contributed by atoms with Crippen LogP contribution in [0.2, 0.25) is 0 Å². The molecule has 2 aromatic carbocycles. The molecule has 0 heterocycles. The second-order valence-electron chi connectivity index (χ2n) is 3.90. The summed E-state index contributed by atoms with van der Waals surface area (Å²) in [5, 5.41) is 2.87. The molecule has 2 rings (SSSR count). The van der Waals surface area contributed by atoms with Crippen molar-refractivity contribution in [2.45, 2.75) is 6.54 Å². The Hall–Kier alpha value is -2.29. The highest BCUT2D eigenvalue weighted by atomic mass is 16.5. The van der Waals surface area contributed by atoms with Gasteiger partial charge in [-0.15, -0.1) is 0 Å². The predicted octanol–water partition coefficient (Wildman–Crippen LogP) is 2.63. The van der Waals surface area contributed by atoms with Crippen molar-refractivity contribution in [2.75, 3.05) is 7.11 Å². The smallest absolute Gasteiger partial charge is 0.251 e. The first-order chi connectivity index (χ1) is 8.79. The summed E-state index contributed by atoms with van der Waals surface area (Å²) in [5.74, 6) is 0.750. The van der Waals surface area contributed by atoms with Crippen LogP contribution in [0.15, 0.2) is 54.6 Å². The lowest BCUT2D eigenvalue weighted by molar-refractivity contribution is 0.0951. The van der Waals surface area contributed by atoms with Crippen LogP contribution in [0.25, 0.3) is 0 Å². The number of amides is 1. The van der Waals surface area contributed by atoms with E-state index in [9.17, 15) is 4.79 Å². The molecule has 1 N–H and O–H groups in total. The van der Waals surface area contributed by atoms with Gasteiger partial charge in [-0.1, -0.05) is 30.3 Å². The van der Waals surface area contributed by atoms with Gasteiger partial charge in [0, 0.05) is 12.1 Å². The Kier molecular flexibility index (Phi) is 3.97. The third-order valence-corrected chi connectivity index (χ3v) is 2.65. The molecular formula is C15H15NO2. The number of carbonyl (C=O) groups excluding carboxylic acids is 1. The van der Waals surface area contributed by atoms with E-state index in [1.165, 1.54) is 0 Å². The number of methoxy groups -OCH3 is 1. The minimum Gasteiger partial charge on any atom is -0.497 e. The molecule has 0 unspecified atom stereocenters. The average molecular weight is 241 g/mol. The molecule has 0 aliphatic heterocycles. The lowest BCUT2D eigenvalue weighted by Gasteiger charge is -2.06. The monoisotopic (exact) mass is 241 g/mol. The summed E-state index contributed by atoms with van der Waals surface area (Å²) < 4.78 is 5.08. The zero-order valence-corrected chi connectivity index (χ0v) is 10.2. The molecule has 3 nitrogen and oxygen atoms in total. The second kappa shape index (κ2) is 5.87. The number of hydrogen-bond acceptors (Lipinski definition) is 2. The first kappa shape index (κ1) is 12.2. The minimum absolute atomic E-state index is 0.0635. The average Bonchev–Trinajstić information content (AvgIpc) is 2.46. The molecule has 18 heavy (non-hydrogen) atoms. The van der Waals surface area contributed by atoms with Gasteiger partial charge in [0.25, 0.3) is 5.91 Å². The van der Waals surface area contributed by atoms with Crippen LogP contribution in [0.4, 0.5) is 0 Å². The van der Waals surface area contributed by atoms with E-state index < -0.39 is 0 Å². The van der Waals surface area contributed by atoms with Crippen molar-refractivity contribution in [1.82, 2.24) is 5.32 Å². The summed E-state index contributed by atoms with van der Waals surface area (Å²) >= 11 is 0. The highest BCUT2D eigenvalue weighted by molar-refractivity contribution is 5.94. The van der Waals surface area contributed by atoms with Crippen molar-refractivity contribution in [1.29, 1.82) is 0 Å². The lowest BCUT2D eigenvalue weighted by Crippen LogP contribution is -2.22. The van der Waals surface area contributed by atoms with Crippen LogP contribution in [-0.2, 0) is 6.54 Å². The third-order valence-electron chi connectivity index (χ3n) is 2.65. The predicted molar refractivity (Wildman–Crippen MR) is 70.6 cm³/mol. The van der Waals surface area contributed by atoms with Crippen LogP contribution >= 0.6 is 0 Å². The molecule has 0 radical (unpaired) electrons. The van der Waals surface area contributed by atoms with Gasteiger partial charge in [-0.05, 0) is 29.8 Å². The van der Waals surface area contributed by atoms with Crippen LogP contribution < -0.4 is 10.1 Å². The molecule has 0 aromatic heterocycles. The van der Waals surface area contributed by atoms with E-state index in [2.05, 4.69) is 5.32 Å². The molecule has 92 valence electrons. The topological polar surface area (TPSA) is 38.3 Å². The van der Waals surface area contributed by atoms with Crippen molar-refractivity contribution in [2.24, 2.45) is 0 Å². The fourth-order valence-corrected chi connectivity index (χ4v) is 1.62. The van der Waals surface area contributed by atoms with E-state index in [1.54, 1.807) is 19.2 Å². The summed E-state index contributed by atoms with van der Waals surface area (Å²) in [5.41, 5.74) is 1.71. The van der Waals surface area contributed by atoms with Gasteiger partial charge in [-0.2, -0.15) is 0 Å². The molecule has 1 amide bonds. The van der Waals surface area contributed by atoms with Crippen molar-refractivity contribution >= 4 is 5.91 Å². The van der Waals surface area contributed by atoms with Crippen LogP contribution in [0, 0.1) is 0 Å². The quantitative estimate of drug-likeness (QED) is 0.893. The van der Waals surface area contributed by atoms with Gasteiger partial charge in [0.05, 0.1) is 7.11 Å². The summed E-state index contributed by atoms with van der Waals surface area (Å²) in [6, 6.07) is 16.8. The summed E-state index contributed by atoms with van der Waals surface area (Å²) in [7, 11) is 1.63. The normalized spacial score (nSPS) is 9.83. The standard InChI is InChI=1S/C15H15NO2/c1-18-14-9-7-12(8-10-14)11-16-15(17)13-5-3-2-4-6-13/h2-10H,11H2,1H3,(H,16,17). The fraction of sp³-hybridized carbons (Fsp3) is 0.133. The Labute approximate surface area is 106 Å². The van der Waals surface area contributed by atoms with Gasteiger partial charge >= 0.3 is 0 Å². The molecule has 0 atom stereocenters. The van der Waals surface area contributed by atoms with Crippen LogP contribution in [0.1, 0.15) is 15.9 Å². The number of rotatable bonds is 4. The number of ether oxygens (including phenoxy) is 1. The molecule has 0 fully saturated rings. The fourth-order valence-electron chi connectivity index (χ4n) is 1.62. The van der Waals surface area contributed by atoms with Crippen LogP contribution in [0.3, 0.4) is 0 Å². The SMILES string of the molecule is COc1ccc(CNC(=O)c2ccccc2)cc1. The Morgan fingerprint density at radius 1 is 1.06 bits per heavy atom. The number of nitrogens with one attached hydrogen (secondary N) is 1. The molecule has 0 saturated carbocycles. The van der Waals surface area contributed by atoms with Crippen molar-refractivity contribution < 1.29 is 9.53 Å². The summed E-state index contributed by atoms with van der Waals surface area (Å²) in [4.78, 5) is 11.8. The molecule has 0 saturated heterocycles. The molecule has 0 aliphatic carbocycles. The van der Waals surface area contributed by atoms with E-state index >= 15 is 0 Å². The largest absolute Gasteiger partial charge is 0.497 e. The number of carbonyl (C=O) groups is 1. The Balaban J connectivity index is 1.93. The summed E-state index contributed by atoms with van der Waals surface area (Å²) in [6.07, 6.45) is 0. The number of benzene rings is 2. The van der Waals surface area contributed by atoms with Gasteiger partial charge in [0.15, 0.2) is 0 Å². The Morgan fingerprint density at radius 3 is 2.33 bits per heavy atom. The maximum Gasteiger partial charge on any atom is 0.251 e. The van der Waals surface area contributed by atoms with Crippen molar-refractivity contribution in [3.63, 3.8) is 0 Å². The van der Waals surface area contributed by atoms with Gasteiger partial charge in [-0.25, -0.2) is 0 Å². The first-order valence-corrected chi connectivity index (χ1v) is 5.76. The maximum atomic E-state index is 11.8. The zero-order valence-electron chi connectivity index (χ0n) is 10.2. The van der Waals surface area contributed by atoms with Gasteiger partial charge < -0.3 is 10.1 Å². The molecule has 2 aromatic rings. The maximum absolute atomic E-state index is 11.8. The molecular weight excluding hydrogens is 226 g/mol. The molecule has 3 heteroatoms. The highest BCUT2D eigenvalue weighted by Crippen LogP contribution is 2.11. The van der Waals surface area contributed by atoms with Crippen LogP contribution in [0.5, 0.6) is 5.75 Å². The third kappa shape index (κ3) is 3.10. The lowest BCUT2D eigenvalue weighted by atomic mass is 10.2. The van der Waals surface area contributed by atoms with E-state index in [-0.39, 0.29) is 5.91 Å². The first-order valence-electron chi connectivity index (χ1n) is 5.76. The van der Waals surface area contributed by atoms with E-state index in [0.29, 0.717) is 12.1 Å². The second-order valence-corrected chi connectivity index (χ2v) is 3.90. The molecule has 0 aliphatic rings. The van der Waals surface area contributed by atoms with Gasteiger partial charge in [0.2, 0.25) is 0 Å². The van der Waals surface area contributed by atoms with E-state index in [4.69, 9.17) is 4.74 Å². The molecule has 0 bridgehead atoms. The highest BCUT2D eigenvalue weighted by Gasteiger charge is 2.03. The Morgan fingerprint density at radius 2 is 1.72 bits per heavy atom. The van der Waals surface area contributed by atoms with Gasteiger partial charge in [-0.3, -0.25) is 4.79 Å². The number of hydrogen-bond donors (Lipinski definition) is 1. The van der Waals surface area contributed by atoms with Crippen molar-refractivity contribution in [3.8, 4) is 5.75 Å². The van der Waals surface area contributed by atoms with Crippen molar-refractivity contribution in [3.05, 3.63) is 65.7 Å². The van der Waals surface area contributed by atoms with E-state index in [0.717, 1.165) is 11.3 Å². The van der Waals surface area contributed by atoms with Gasteiger partial charge in [0.1, 0.15) is 5.75 Å². The van der Waals surface area contributed by atoms with E-state index in [1.807, 2.05) is 42.5 Å². The molecule has 0 spiro atoms. The summed E-state index contributed by atoms with van der Waals surface area (Å²) in [6.45, 7) is 0.512. The zero-order chi connectivity index (χ0) is 12.8. The Bertz CT molecular complexity index is 506. The minimum atomic E-state index is -0.0635. The van der Waals surface area contributed by atoms with Crippen LogP contribution in [-0.4, -0.2) is 13.0 Å².